The lowest BCUT2D eigenvalue weighted by Crippen LogP contribution is -2.15. The first kappa shape index (κ1) is 13.1. The van der Waals surface area contributed by atoms with Gasteiger partial charge in [-0.25, -0.2) is 0 Å². The first-order valence-electron chi connectivity index (χ1n) is 7.12. The fourth-order valence-corrected chi connectivity index (χ4v) is 2.69. The minimum absolute atomic E-state index is 0.449. The first-order chi connectivity index (χ1) is 9.79. The summed E-state index contributed by atoms with van der Waals surface area (Å²) in [7, 11) is 0. The summed E-state index contributed by atoms with van der Waals surface area (Å²) in [5.41, 5.74) is 7.90. The van der Waals surface area contributed by atoms with Crippen molar-refractivity contribution < 1.29 is 4.74 Å². The Hall–Kier alpha value is -1.88. The zero-order valence-corrected chi connectivity index (χ0v) is 11.8. The zero-order valence-electron chi connectivity index (χ0n) is 11.8. The molecule has 0 fully saturated rings. The summed E-state index contributed by atoms with van der Waals surface area (Å²) in [6.07, 6.45) is 3.41. The van der Waals surface area contributed by atoms with E-state index >= 15 is 0 Å². The molecule has 0 saturated heterocycles. The molecule has 0 aliphatic carbocycles. The molecule has 2 heterocycles. The molecule has 0 atom stereocenters. The van der Waals surface area contributed by atoms with Gasteiger partial charge in [-0.15, -0.1) is 10.2 Å². The molecule has 5 heteroatoms. The number of aryl methyl sites for hydroxylation is 2. The molecule has 0 radical (unpaired) electrons. The summed E-state index contributed by atoms with van der Waals surface area (Å²) in [5, 5.41) is 8.50. The van der Waals surface area contributed by atoms with Gasteiger partial charge in [-0.2, -0.15) is 0 Å². The van der Waals surface area contributed by atoms with Gasteiger partial charge in [-0.3, -0.25) is 0 Å². The second-order valence-corrected chi connectivity index (χ2v) is 5.20. The molecule has 1 aliphatic rings. The lowest BCUT2D eigenvalue weighted by atomic mass is 10.1. The van der Waals surface area contributed by atoms with Gasteiger partial charge < -0.3 is 15.0 Å². The van der Waals surface area contributed by atoms with Crippen molar-refractivity contribution in [1.82, 2.24) is 14.8 Å². The molecule has 0 spiro atoms. The second kappa shape index (κ2) is 5.63. The molecule has 2 aromatic rings. The van der Waals surface area contributed by atoms with Crippen LogP contribution in [0.25, 0.3) is 0 Å². The van der Waals surface area contributed by atoms with Crippen LogP contribution in [-0.2, 0) is 26.1 Å². The summed E-state index contributed by atoms with van der Waals surface area (Å²) in [6, 6.07) is 6.04. The van der Waals surface area contributed by atoms with Gasteiger partial charge in [0.05, 0.1) is 0 Å². The molecule has 5 nitrogen and oxygen atoms in total. The Bertz CT molecular complexity index is 606. The van der Waals surface area contributed by atoms with Crippen LogP contribution in [0.5, 0.6) is 5.75 Å². The number of rotatable bonds is 4. The van der Waals surface area contributed by atoms with Crippen molar-refractivity contribution in [2.75, 3.05) is 0 Å². The number of aromatic nitrogens is 3. The van der Waals surface area contributed by atoms with E-state index in [-0.39, 0.29) is 0 Å². The topological polar surface area (TPSA) is 66.0 Å². The fourth-order valence-electron chi connectivity index (χ4n) is 2.69. The summed E-state index contributed by atoms with van der Waals surface area (Å²) in [4.78, 5) is 0. The van der Waals surface area contributed by atoms with E-state index in [2.05, 4.69) is 14.8 Å². The van der Waals surface area contributed by atoms with Gasteiger partial charge >= 0.3 is 0 Å². The predicted molar refractivity (Wildman–Crippen MR) is 76.4 cm³/mol. The van der Waals surface area contributed by atoms with E-state index in [1.165, 1.54) is 12.8 Å². The molecule has 1 aromatic heterocycles. The quantitative estimate of drug-likeness (QED) is 0.924. The Kier molecular flexibility index (Phi) is 3.69. The van der Waals surface area contributed by atoms with Gasteiger partial charge in [-0.1, -0.05) is 18.2 Å². The highest BCUT2D eigenvalue weighted by molar-refractivity contribution is 5.40. The van der Waals surface area contributed by atoms with E-state index in [1.54, 1.807) is 0 Å². The average Bonchev–Trinajstić information content (AvgIpc) is 2.89. The molecule has 1 aromatic carbocycles. The molecule has 0 amide bonds. The molecule has 1 aliphatic heterocycles. The van der Waals surface area contributed by atoms with E-state index in [9.17, 15) is 0 Å². The number of nitrogens with two attached hydrogens (primary N) is 1. The third-order valence-corrected chi connectivity index (χ3v) is 3.80. The maximum Gasteiger partial charge on any atom is 0.171 e. The normalized spacial score (nSPS) is 14.1. The fraction of sp³-hybridized carbons (Fsp3) is 0.467. The summed E-state index contributed by atoms with van der Waals surface area (Å²) in [5.74, 6) is 2.87. The Balaban J connectivity index is 1.79. The lowest BCUT2D eigenvalue weighted by molar-refractivity contribution is 0.281. The number of ether oxygens (including phenoxy) is 1. The van der Waals surface area contributed by atoms with Crippen molar-refractivity contribution in [1.29, 1.82) is 0 Å². The molecular weight excluding hydrogens is 252 g/mol. The molecule has 0 saturated carbocycles. The summed E-state index contributed by atoms with van der Waals surface area (Å²) >= 11 is 0. The molecule has 2 N–H and O–H groups in total. The Morgan fingerprint density at radius 3 is 3.05 bits per heavy atom. The van der Waals surface area contributed by atoms with Gasteiger partial charge in [0, 0.05) is 25.1 Å². The molecule has 106 valence electrons. The minimum Gasteiger partial charge on any atom is -0.485 e. The van der Waals surface area contributed by atoms with Gasteiger partial charge in [0.2, 0.25) is 0 Å². The number of para-hydroxylation sites is 1. The highest BCUT2D eigenvalue weighted by Gasteiger charge is 2.16. The molecular formula is C15H20N4O. The zero-order chi connectivity index (χ0) is 13.9. The van der Waals surface area contributed by atoms with Crippen molar-refractivity contribution in [3.63, 3.8) is 0 Å². The number of hydrogen-bond donors (Lipinski definition) is 1. The number of fused-ring (bicyclic) bond motifs is 1. The molecule has 0 unspecified atom stereocenters. The van der Waals surface area contributed by atoms with Crippen LogP contribution < -0.4 is 10.5 Å². The maximum atomic E-state index is 5.97. The Morgan fingerprint density at radius 1 is 1.30 bits per heavy atom. The second-order valence-electron chi connectivity index (χ2n) is 5.20. The van der Waals surface area contributed by atoms with E-state index in [0.717, 1.165) is 41.5 Å². The SMILES string of the molecule is Cc1cccc(CN)c1OCc1nnc2n1CCCC2. The molecule has 0 bridgehead atoms. The largest absolute Gasteiger partial charge is 0.485 e. The summed E-state index contributed by atoms with van der Waals surface area (Å²) < 4.78 is 8.15. The van der Waals surface area contributed by atoms with Crippen LogP contribution in [-0.4, -0.2) is 14.8 Å². The Labute approximate surface area is 118 Å². The average molecular weight is 272 g/mol. The molecule has 20 heavy (non-hydrogen) atoms. The van der Waals surface area contributed by atoms with E-state index in [4.69, 9.17) is 10.5 Å². The van der Waals surface area contributed by atoms with Crippen molar-refractivity contribution >= 4 is 0 Å². The van der Waals surface area contributed by atoms with Crippen LogP contribution in [0.2, 0.25) is 0 Å². The first-order valence-corrected chi connectivity index (χ1v) is 7.12. The third-order valence-electron chi connectivity index (χ3n) is 3.80. The smallest absolute Gasteiger partial charge is 0.171 e. The molecule has 3 rings (SSSR count). The lowest BCUT2D eigenvalue weighted by Gasteiger charge is -2.16. The van der Waals surface area contributed by atoms with Crippen LogP contribution in [0.15, 0.2) is 18.2 Å². The Morgan fingerprint density at radius 2 is 2.20 bits per heavy atom. The number of benzene rings is 1. The maximum absolute atomic E-state index is 5.97. The monoisotopic (exact) mass is 272 g/mol. The van der Waals surface area contributed by atoms with Crippen LogP contribution in [0, 0.1) is 6.92 Å². The number of nitrogens with zero attached hydrogens (tertiary/aromatic N) is 3. The van der Waals surface area contributed by atoms with Crippen molar-refractivity contribution in [3.05, 3.63) is 41.0 Å². The predicted octanol–water partition coefficient (Wildman–Crippen LogP) is 1.96. The minimum atomic E-state index is 0.449. The van der Waals surface area contributed by atoms with E-state index in [0.29, 0.717) is 13.2 Å². The van der Waals surface area contributed by atoms with Crippen LogP contribution >= 0.6 is 0 Å². The standard InChI is InChI=1S/C15H20N4O/c1-11-5-4-6-12(9-16)15(11)20-10-14-18-17-13-7-2-3-8-19(13)14/h4-6H,2-3,7-10,16H2,1H3. The van der Waals surface area contributed by atoms with E-state index in [1.807, 2.05) is 25.1 Å². The third kappa shape index (κ3) is 2.41. The van der Waals surface area contributed by atoms with Gasteiger partial charge in [-0.05, 0) is 25.3 Å². The van der Waals surface area contributed by atoms with Crippen LogP contribution in [0.3, 0.4) is 0 Å². The van der Waals surface area contributed by atoms with Crippen molar-refractivity contribution in [2.24, 2.45) is 5.73 Å². The highest BCUT2D eigenvalue weighted by Crippen LogP contribution is 2.24. The number of hydrogen-bond acceptors (Lipinski definition) is 4. The van der Waals surface area contributed by atoms with E-state index < -0.39 is 0 Å². The van der Waals surface area contributed by atoms with Gasteiger partial charge in [0.25, 0.3) is 0 Å². The van der Waals surface area contributed by atoms with Crippen molar-refractivity contribution in [2.45, 2.75) is 45.9 Å². The van der Waals surface area contributed by atoms with Crippen LogP contribution in [0.1, 0.15) is 35.6 Å². The van der Waals surface area contributed by atoms with Crippen LogP contribution in [0.4, 0.5) is 0 Å². The highest BCUT2D eigenvalue weighted by atomic mass is 16.5. The van der Waals surface area contributed by atoms with Gasteiger partial charge in [0.15, 0.2) is 5.82 Å². The summed E-state index contributed by atoms with van der Waals surface area (Å²) in [6.45, 7) is 3.96. The van der Waals surface area contributed by atoms with Crippen molar-refractivity contribution in [3.8, 4) is 5.75 Å². The van der Waals surface area contributed by atoms with Gasteiger partial charge in [0.1, 0.15) is 18.2 Å².